The van der Waals surface area contributed by atoms with Gasteiger partial charge in [0.25, 0.3) is 0 Å². The van der Waals surface area contributed by atoms with Crippen LogP contribution in [0.1, 0.15) is 45.4 Å². The Morgan fingerprint density at radius 3 is 2.24 bits per heavy atom. The Balaban J connectivity index is 1.55. The smallest absolute Gasteiger partial charge is 0.241 e. The number of sulfonamides is 1. The fourth-order valence-electron chi connectivity index (χ4n) is 3.87. The molecule has 2 aromatic carbocycles. The number of benzene rings is 2. The van der Waals surface area contributed by atoms with E-state index in [9.17, 15) is 13.2 Å². The first-order chi connectivity index (χ1) is 15.6. The number of amides is 1. The van der Waals surface area contributed by atoms with Crippen LogP contribution in [-0.4, -0.2) is 35.6 Å². The van der Waals surface area contributed by atoms with Crippen molar-refractivity contribution >= 4 is 15.9 Å². The lowest BCUT2D eigenvalue weighted by Gasteiger charge is -2.19. The van der Waals surface area contributed by atoms with E-state index in [0.29, 0.717) is 18.0 Å². The number of aromatic nitrogens is 3. The first-order valence-electron chi connectivity index (χ1n) is 10.8. The third-order valence-corrected chi connectivity index (χ3v) is 7.87. The number of carbonyl (C=O) groups is 1. The van der Waals surface area contributed by atoms with E-state index in [2.05, 4.69) is 20.1 Å². The van der Waals surface area contributed by atoms with E-state index in [1.165, 1.54) is 6.33 Å². The number of hydrogen-bond donors (Lipinski definition) is 2. The van der Waals surface area contributed by atoms with Crippen LogP contribution in [0.15, 0.2) is 41.8 Å². The maximum atomic E-state index is 13.0. The van der Waals surface area contributed by atoms with Crippen molar-refractivity contribution in [2.45, 2.75) is 59.0 Å². The number of nitrogens with zero attached hydrogens (tertiary/aromatic N) is 3. The molecule has 0 saturated heterocycles. The molecule has 0 saturated carbocycles. The largest absolute Gasteiger partial charge is 0.352 e. The third-order valence-electron chi connectivity index (χ3n) is 6.14. The minimum atomic E-state index is -3.72. The van der Waals surface area contributed by atoms with Gasteiger partial charge in [-0.25, -0.2) is 22.8 Å². The van der Waals surface area contributed by atoms with Crippen LogP contribution in [0.2, 0.25) is 0 Å². The van der Waals surface area contributed by atoms with Crippen LogP contribution >= 0.6 is 0 Å². The quantitative estimate of drug-likeness (QED) is 0.501. The summed E-state index contributed by atoms with van der Waals surface area (Å²) < 4.78 is 30.2. The van der Waals surface area contributed by atoms with Gasteiger partial charge in [0, 0.05) is 19.5 Å². The average molecular weight is 470 g/mol. The topological polar surface area (TPSA) is 106 Å². The Hall–Kier alpha value is -3.04. The molecular formula is C24H31N5O3S. The molecular weight excluding hydrogens is 438 g/mol. The Bertz CT molecular complexity index is 1220. The van der Waals surface area contributed by atoms with E-state index >= 15 is 0 Å². The zero-order chi connectivity index (χ0) is 24.2. The van der Waals surface area contributed by atoms with Crippen molar-refractivity contribution in [2.75, 3.05) is 6.54 Å². The van der Waals surface area contributed by atoms with E-state index in [0.717, 1.165) is 38.9 Å². The maximum Gasteiger partial charge on any atom is 0.241 e. The summed E-state index contributed by atoms with van der Waals surface area (Å²) in [6.07, 6.45) is 3.19. The average Bonchev–Trinajstić information content (AvgIpc) is 3.28. The van der Waals surface area contributed by atoms with Gasteiger partial charge in [0.05, 0.1) is 11.4 Å². The molecule has 1 aromatic heterocycles. The minimum absolute atomic E-state index is 0.0331. The van der Waals surface area contributed by atoms with Crippen LogP contribution in [0, 0.1) is 34.6 Å². The summed E-state index contributed by atoms with van der Waals surface area (Å²) in [5, 5.41) is 6.95. The molecule has 8 nitrogen and oxygen atoms in total. The van der Waals surface area contributed by atoms with E-state index in [-0.39, 0.29) is 18.9 Å². The van der Waals surface area contributed by atoms with E-state index < -0.39 is 10.0 Å². The van der Waals surface area contributed by atoms with Crippen LogP contribution in [0.3, 0.4) is 0 Å². The Labute approximate surface area is 195 Å². The molecule has 3 rings (SSSR count). The highest BCUT2D eigenvalue weighted by Crippen LogP contribution is 2.29. The van der Waals surface area contributed by atoms with Crippen molar-refractivity contribution in [1.29, 1.82) is 0 Å². The lowest BCUT2D eigenvalue weighted by atomic mass is 9.95. The fourth-order valence-corrected chi connectivity index (χ4v) is 5.50. The fraction of sp³-hybridized carbons (Fsp3) is 0.375. The second-order valence-electron chi connectivity index (χ2n) is 8.29. The first-order valence-corrected chi connectivity index (χ1v) is 12.3. The summed E-state index contributed by atoms with van der Waals surface area (Å²) >= 11 is 0. The molecule has 0 aliphatic carbocycles. The van der Waals surface area contributed by atoms with E-state index in [4.69, 9.17) is 0 Å². The van der Waals surface area contributed by atoms with Crippen molar-refractivity contribution in [2.24, 2.45) is 0 Å². The molecule has 1 heterocycles. The molecule has 0 aliphatic heterocycles. The van der Waals surface area contributed by atoms with Gasteiger partial charge in [-0.2, -0.15) is 5.10 Å². The van der Waals surface area contributed by atoms with Gasteiger partial charge in [0.2, 0.25) is 15.9 Å². The van der Waals surface area contributed by atoms with Crippen LogP contribution in [0.25, 0.3) is 0 Å². The van der Waals surface area contributed by atoms with E-state index in [1.807, 2.05) is 58.9 Å². The Morgan fingerprint density at radius 1 is 0.970 bits per heavy atom. The summed E-state index contributed by atoms with van der Waals surface area (Å²) in [6.45, 7) is 10.5. The molecule has 176 valence electrons. The molecule has 0 aliphatic rings. The van der Waals surface area contributed by atoms with Gasteiger partial charge in [-0.1, -0.05) is 24.3 Å². The van der Waals surface area contributed by atoms with Gasteiger partial charge in [-0.15, -0.1) is 0 Å². The van der Waals surface area contributed by atoms with E-state index in [1.54, 1.807) is 11.0 Å². The van der Waals surface area contributed by atoms with Crippen molar-refractivity contribution in [3.05, 3.63) is 75.9 Å². The molecule has 2 N–H and O–H groups in total. The standard InChI is InChI=1S/C24H31N5O3S/c1-16-17(2)19(4)24(20(5)18(16)3)33(31,32)28-10-9-23(30)26-12-21-7-6-8-22(11-21)13-29-15-25-14-27-29/h6-8,11,14-15,28H,9-10,12-13H2,1-5H3,(H,26,30). The molecule has 0 atom stereocenters. The van der Waals surface area contributed by atoms with Gasteiger partial charge in [0.15, 0.2) is 0 Å². The molecule has 3 aromatic rings. The summed E-state index contributed by atoms with van der Waals surface area (Å²) in [5.41, 5.74) is 6.56. The first kappa shape index (κ1) is 24.6. The predicted molar refractivity (Wildman–Crippen MR) is 127 cm³/mol. The summed E-state index contributed by atoms with van der Waals surface area (Å²) in [7, 11) is -3.72. The molecule has 0 radical (unpaired) electrons. The van der Waals surface area contributed by atoms with Gasteiger partial charge in [0.1, 0.15) is 12.7 Å². The molecule has 33 heavy (non-hydrogen) atoms. The highest BCUT2D eigenvalue weighted by molar-refractivity contribution is 7.89. The lowest BCUT2D eigenvalue weighted by Crippen LogP contribution is -2.31. The van der Waals surface area contributed by atoms with Crippen molar-refractivity contribution in [3.63, 3.8) is 0 Å². The predicted octanol–water partition coefficient (Wildman–Crippen LogP) is 2.85. The normalized spacial score (nSPS) is 11.5. The third kappa shape index (κ3) is 5.85. The highest BCUT2D eigenvalue weighted by atomic mass is 32.2. The molecule has 1 amide bonds. The number of nitrogens with one attached hydrogen (secondary N) is 2. The van der Waals surface area contributed by atoms with Gasteiger partial charge >= 0.3 is 0 Å². The number of rotatable bonds is 9. The van der Waals surface area contributed by atoms with Gasteiger partial charge in [-0.05, 0) is 73.6 Å². The second-order valence-corrected chi connectivity index (χ2v) is 10.00. The van der Waals surface area contributed by atoms with Crippen molar-refractivity contribution < 1.29 is 13.2 Å². The van der Waals surface area contributed by atoms with Crippen LogP contribution in [-0.2, 0) is 27.9 Å². The molecule has 0 fully saturated rings. The maximum absolute atomic E-state index is 13.0. The summed E-state index contributed by atoms with van der Waals surface area (Å²) in [5.74, 6) is -0.218. The molecule has 9 heteroatoms. The SMILES string of the molecule is Cc1c(C)c(C)c(S(=O)(=O)NCCC(=O)NCc2cccc(Cn3cncn3)c2)c(C)c1C. The summed E-state index contributed by atoms with van der Waals surface area (Å²) in [4.78, 5) is 16.5. The van der Waals surface area contributed by atoms with Crippen molar-refractivity contribution in [1.82, 2.24) is 24.8 Å². The number of carbonyl (C=O) groups excluding carboxylic acids is 1. The van der Waals surface area contributed by atoms with Gasteiger partial charge < -0.3 is 5.32 Å². The zero-order valence-electron chi connectivity index (χ0n) is 19.8. The number of hydrogen-bond acceptors (Lipinski definition) is 5. The van der Waals surface area contributed by atoms with Crippen LogP contribution < -0.4 is 10.0 Å². The van der Waals surface area contributed by atoms with Crippen LogP contribution in [0.5, 0.6) is 0 Å². The monoisotopic (exact) mass is 469 g/mol. The molecule has 0 spiro atoms. The highest BCUT2D eigenvalue weighted by Gasteiger charge is 2.23. The summed E-state index contributed by atoms with van der Waals surface area (Å²) in [6, 6.07) is 7.85. The molecule has 0 bridgehead atoms. The van der Waals surface area contributed by atoms with Crippen molar-refractivity contribution in [3.8, 4) is 0 Å². The van der Waals surface area contributed by atoms with Gasteiger partial charge in [-0.3, -0.25) is 4.79 Å². The Morgan fingerprint density at radius 2 is 1.61 bits per heavy atom. The Kier molecular flexibility index (Phi) is 7.65. The minimum Gasteiger partial charge on any atom is -0.352 e. The van der Waals surface area contributed by atoms with Crippen LogP contribution in [0.4, 0.5) is 0 Å². The molecule has 0 unspecified atom stereocenters. The zero-order valence-corrected chi connectivity index (χ0v) is 20.6. The lowest BCUT2D eigenvalue weighted by molar-refractivity contribution is -0.121. The second kappa shape index (κ2) is 10.3.